The van der Waals surface area contributed by atoms with Gasteiger partial charge in [-0.15, -0.1) is 0 Å². The first kappa shape index (κ1) is 17.4. The SMILES string of the molecule is Cc1ccc(S(C)(=O)=O)cc1S(=O)(=O)NCCC1CCNC1. The lowest BCUT2D eigenvalue weighted by molar-refractivity contribution is 0.519. The Bertz CT molecular complexity index is 736. The molecule has 1 atom stereocenters. The molecular formula is C14H22N2O4S2. The predicted molar refractivity (Wildman–Crippen MR) is 85.1 cm³/mol. The lowest BCUT2D eigenvalue weighted by Crippen LogP contribution is -2.27. The minimum atomic E-state index is -3.70. The van der Waals surface area contributed by atoms with Crippen molar-refractivity contribution in [1.82, 2.24) is 10.0 Å². The molecule has 8 heteroatoms. The molecule has 1 aromatic carbocycles. The van der Waals surface area contributed by atoms with Gasteiger partial charge in [0.1, 0.15) is 0 Å². The standard InChI is InChI=1S/C14H22N2O4S2/c1-11-3-4-13(21(2,17)18)9-14(11)22(19,20)16-8-6-12-5-7-15-10-12/h3-4,9,12,15-16H,5-8,10H2,1-2H3. The molecule has 0 saturated carbocycles. The lowest BCUT2D eigenvalue weighted by atomic mass is 10.1. The van der Waals surface area contributed by atoms with E-state index >= 15 is 0 Å². The molecule has 0 aliphatic carbocycles. The molecule has 0 radical (unpaired) electrons. The van der Waals surface area contributed by atoms with Crippen LogP contribution in [-0.2, 0) is 19.9 Å². The molecule has 0 spiro atoms. The van der Waals surface area contributed by atoms with Crippen LogP contribution < -0.4 is 10.0 Å². The van der Waals surface area contributed by atoms with Crippen molar-refractivity contribution in [2.75, 3.05) is 25.9 Å². The number of nitrogens with one attached hydrogen (secondary N) is 2. The van der Waals surface area contributed by atoms with Gasteiger partial charge in [-0.1, -0.05) is 6.07 Å². The lowest BCUT2D eigenvalue weighted by Gasteiger charge is -2.12. The number of sulfone groups is 1. The fourth-order valence-electron chi connectivity index (χ4n) is 2.54. The highest BCUT2D eigenvalue weighted by atomic mass is 32.2. The predicted octanol–water partition coefficient (Wildman–Crippen LogP) is 0.676. The van der Waals surface area contributed by atoms with Crippen molar-refractivity contribution in [3.05, 3.63) is 23.8 Å². The zero-order valence-corrected chi connectivity index (χ0v) is 14.4. The fourth-order valence-corrected chi connectivity index (χ4v) is 4.57. The number of benzene rings is 1. The van der Waals surface area contributed by atoms with Crippen molar-refractivity contribution in [3.8, 4) is 0 Å². The second kappa shape index (κ2) is 6.66. The molecule has 6 nitrogen and oxygen atoms in total. The van der Waals surface area contributed by atoms with Crippen LogP contribution in [0.1, 0.15) is 18.4 Å². The molecule has 1 fully saturated rings. The number of aryl methyl sites for hydroxylation is 1. The Labute approximate surface area is 132 Å². The second-order valence-corrected chi connectivity index (χ2v) is 9.50. The monoisotopic (exact) mass is 346 g/mol. The molecule has 2 N–H and O–H groups in total. The summed E-state index contributed by atoms with van der Waals surface area (Å²) in [7, 11) is -7.14. The van der Waals surface area contributed by atoms with Crippen LogP contribution in [-0.4, -0.2) is 42.7 Å². The maximum Gasteiger partial charge on any atom is 0.240 e. The Morgan fingerprint density at radius 3 is 2.59 bits per heavy atom. The third-order valence-corrected chi connectivity index (χ3v) is 6.60. The Morgan fingerprint density at radius 2 is 2.00 bits per heavy atom. The summed E-state index contributed by atoms with van der Waals surface area (Å²) in [6, 6.07) is 4.17. The molecule has 0 amide bonds. The molecule has 1 aromatic rings. The summed E-state index contributed by atoms with van der Waals surface area (Å²) in [6.45, 7) is 3.91. The van der Waals surface area contributed by atoms with Crippen molar-refractivity contribution < 1.29 is 16.8 Å². The van der Waals surface area contributed by atoms with Crippen molar-refractivity contribution in [2.45, 2.75) is 29.6 Å². The first-order valence-electron chi connectivity index (χ1n) is 7.21. The highest BCUT2D eigenvalue weighted by Gasteiger charge is 2.21. The molecule has 0 bridgehead atoms. The van der Waals surface area contributed by atoms with E-state index in [1.54, 1.807) is 6.92 Å². The number of hydrogen-bond donors (Lipinski definition) is 2. The molecule has 22 heavy (non-hydrogen) atoms. The van der Waals surface area contributed by atoms with Crippen LogP contribution in [0.2, 0.25) is 0 Å². The Morgan fingerprint density at radius 1 is 1.27 bits per heavy atom. The summed E-state index contributed by atoms with van der Waals surface area (Å²) < 4.78 is 50.5. The maximum atomic E-state index is 12.4. The second-order valence-electron chi connectivity index (χ2n) is 5.74. The molecular weight excluding hydrogens is 324 g/mol. The summed E-state index contributed by atoms with van der Waals surface area (Å²) >= 11 is 0. The van der Waals surface area contributed by atoms with Gasteiger partial charge in [0.25, 0.3) is 0 Å². The van der Waals surface area contributed by atoms with Crippen LogP contribution >= 0.6 is 0 Å². The van der Waals surface area contributed by atoms with Gasteiger partial charge in [-0.25, -0.2) is 21.6 Å². The summed E-state index contributed by atoms with van der Waals surface area (Å²) in [6.07, 6.45) is 2.90. The van der Waals surface area contributed by atoms with Gasteiger partial charge in [0, 0.05) is 12.8 Å². The normalized spacial score (nSPS) is 19.5. The van der Waals surface area contributed by atoms with Crippen molar-refractivity contribution in [2.24, 2.45) is 5.92 Å². The summed E-state index contributed by atoms with van der Waals surface area (Å²) in [5, 5.41) is 3.24. The summed E-state index contributed by atoms with van der Waals surface area (Å²) in [5.41, 5.74) is 0.530. The van der Waals surface area contributed by atoms with Gasteiger partial charge < -0.3 is 5.32 Å². The van der Waals surface area contributed by atoms with E-state index in [0.717, 1.165) is 32.2 Å². The molecule has 2 rings (SSSR count). The summed E-state index contributed by atoms with van der Waals surface area (Å²) in [4.78, 5) is 0.0402. The van der Waals surface area contributed by atoms with Crippen LogP contribution in [0, 0.1) is 12.8 Å². The van der Waals surface area contributed by atoms with E-state index in [1.807, 2.05) is 0 Å². The molecule has 1 unspecified atom stereocenters. The molecule has 0 aromatic heterocycles. The van der Waals surface area contributed by atoms with E-state index in [2.05, 4.69) is 10.0 Å². The Balaban J connectivity index is 2.14. The van der Waals surface area contributed by atoms with E-state index < -0.39 is 19.9 Å². The summed E-state index contributed by atoms with van der Waals surface area (Å²) in [5.74, 6) is 0.492. The van der Waals surface area contributed by atoms with Crippen molar-refractivity contribution >= 4 is 19.9 Å². The Hall–Kier alpha value is -0.960. The zero-order chi connectivity index (χ0) is 16.4. The molecule has 1 saturated heterocycles. The molecule has 1 heterocycles. The van der Waals surface area contributed by atoms with Crippen molar-refractivity contribution in [3.63, 3.8) is 0 Å². The minimum absolute atomic E-state index is 0.0125. The highest BCUT2D eigenvalue weighted by Crippen LogP contribution is 2.20. The van der Waals surface area contributed by atoms with E-state index in [-0.39, 0.29) is 9.79 Å². The van der Waals surface area contributed by atoms with Gasteiger partial charge in [-0.2, -0.15) is 0 Å². The maximum absolute atomic E-state index is 12.4. The average molecular weight is 346 g/mol. The van der Waals surface area contributed by atoms with Crippen LogP contribution in [0.25, 0.3) is 0 Å². The van der Waals surface area contributed by atoms with Gasteiger partial charge in [0.05, 0.1) is 9.79 Å². The quantitative estimate of drug-likeness (QED) is 0.790. The van der Waals surface area contributed by atoms with E-state index in [9.17, 15) is 16.8 Å². The number of hydrogen-bond acceptors (Lipinski definition) is 5. The average Bonchev–Trinajstić information content (AvgIpc) is 2.90. The van der Waals surface area contributed by atoms with E-state index in [1.165, 1.54) is 18.2 Å². The van der Waals surface area contributed by atoms with Gasteiger partial charge in [0.2, 0.25) is 10.0 Å². The van der Waals surface area contributed by atoms with Crippen LogP contribution in [0.4, 0.5) is 0 Å². The van der Waals surface area contributed by atoms with Gasteiger partial charge in [-0.05, 0) is 56.5 Å². The topological polar surface area (TPSA) is 92.3 Å². The van der Waals surface area contributed by atoms with Crippen molar-refractivity contribution in [1.29, 1.82) is 0 Å². The van der Waals surface area contributed by atoms with Crippen LogP contribution in [0.15, 0.2) is 28.0 Å². The highest BCUT2D eigenvalue weighted by molar-refractivity contribution is 7.91. The van der Waals surface area contributed by atoms with Gasteiger partial charge >= 0.3 is 0 Å². The van der Waals surface area contributed by atoms with Gasteiger partial charge in [-0.3, -0.25) is 0 Å². The molecule has 124 valence electrons. The first-order valence-corrected chi connectivity index (χ1v) is 10.6. The zero-order valence-electron chi connectivity index (χ0n) is 12.8. The molecule has 1 aliphatic rings. The largest absolute Gasteiger partial charge is 0.316 e. The Kier molecular flexibility index (Phi) is 5.26. The third-order valence-electron chi connectivity index (χ3n) is 3.88. The first-order chi connectivity index (χ1) is 10.2. The minimum Gasteiger partial charge on any atom is -0.316 e. The number of sulfonamides is 1. The smallest absolute Gasteiger partial charge is 0.240 e. The van der Waals surface area contributed by atoms with Gasteiger partial charge in [0.15, 0.2) is 9.84 Å². The van der Waals surface area contributed by atoms with E-state index in [0.29, 0.717) is 18.0 Å². The van der Waals surface area contributed by atoms with Crippen LogP contribution in [0.3, 0.4) is 0 Å². The third kappa shape index (κ3) is 4.28. The molecule has 1 aliphatic heterocycles. The van der Waals surface area contributed by atoms with E-state index in [4.69, 9.17) is 0 Å². The van der Waals surface area contributed by atoms with Crippen LogP contribution in [0.5, 0.6) is 0 Å². The fraction of sp³-hybridized carbons (Fsp3) is 0.571. The number of rotatable bonds is 6.